The van der Waals surface area contributed by atoms with Crippen molar-refractivity contribution in [2.24, 2.45) is 0 Å². The molecule has 10 heteroatoms. The van der Waals surface area contributed by atoms with Gasteiger partial charge in [-0.25, -0.2) is 0 Å². The normalized spacial score (nSPS) is 10.9. The molecule has 0 saturated heterocycles. The first kappa shape index (κ1) is 18.0. The van der Waals surface area contributed by atoms with E-state index >= 15 is 0 Å². The van der Waals surface area contributed by atoms with Crippen LogP contribution in [0.5, 0.6) is 0 Å². The predicted molar refractivity (Wildman–Crippen MR) is 99.0 cm³/mol. The van der Waals surface area contributed by atoms with Crippen molar-refractivity contribution in [3.8, 4) is 0 Å². The molecule has 0 aliphatic rings. The zero-order valence-electron chi connectivity index (χ0n) is 13.6. The lowest BCUT2D eigenvalue weighted by Gasteiger charge is -1.98. The zero-order chi connectivity index (χ0) is 17.5. The quantitative estimate of drug-likeness (QED) is 0.435. The minimum Gasteiger partial charge on any atom is -0.339 e. The number of anilines is 1. The van der Waals surface area contributed by atoms with E-state index < -0.39 is 0 Å². The average Bonchev–Trinajstić information content (AvgIpc) is 3.34. The molecule has 132 valence electrons. The predicted octanol–water partition coefficient (Wildman–Crippen LogP) is 3.80. The number of aryl methyl sites for hydroxylation is 2. The molecule has 0 aliphatic heterocycles. The van der Waals surface area contributed by atoms with Crippen LogP contribution in [0.4, 0.5) is 5.13 Å². The van der Waals surface area contributed by atoms with E-state index in [1.165, 1.54) is 16.2 Å². The van der Waals surface area contributed by atoms with Crippen molar-refractivity contribution in [1.82, 2.24) is 20.3 Å². The van der Waals surface area contributed by atoms with E-state index in [1.807, 2.05) is 6.07 Å². The van der Waals surface area contributed by atoms with Gasteiger partial charge < -0.3 is 9.84 Å². The van der Waals surface area contributed by atoms with Crippen molar-refractivity contribution in [3.05, 3.63) is 34.1 Å². The Morgan fingerprint density at radius 2 is 2.28 bits per heavy atom. The number of nitrogens with zero attached hydrogens (tertiary/aromatic N) is 4. The van der Waals surface area contributed by atoms with E-state index in [2.05, 4.69) is 44.0 Å². The standard InChI is InChI=1S/C15H17N5O2S3/c1-2-4-11-16-13(22-20-11)7-6-12(21)17-14-18-19-15(25-14)24-9-10-5-3-8-23-10/h3,5,8H,2,4,6-7,9H2,1H3,(H,17,18,21). The van der Waals surface area contributed by atoms with Crippen LogP contribution in [0.2, 0.25) is 0 Å². The molecule has 1 amide bonds. The van der Waals surface area contributed by atoms with Gasteiger partial charge in [-0.2, -0.15) is 4.98 Å². The first-order chi connectivity index (χ1) is 12.2. The van der Waals surface area contributed by atoms with E-state index in [9.17, 15) is 4.79 Å². The molecular weight excluding hydrogens is 378 g/mol. The lowest BCUT2D eigenvalue weighted by molar-refractivity contribution is -0.116. The van der Waals surface area contributed by atoms with Crippen LogP contribution in [-0.4, -0.2) is 26.2 Å². The molecule has 0 saturated carbocycles. The van der Waals surface area contributed by atoms with Gasteiger partial charge in [0.15, 0.2) is 10.2 Å². The smallest absolute Gasteiger partial charge is 0.227 e. The van der Waals surface area contributed by atoms with E-state index in [0.717, 1.165) is 22.9 Å². The molecule has 3 heterocycles. The molecule has 0 spiro atoms. The highest BCUT2D eigenvalue weighted by Crippen LogP contribution is 2.29. The summed E-state index contributed by atoms with van der Waals surface area (Å²) in [5, 5.41) is 17.3. The second-order valence-corrected chi connectivity index (χ2v) is 8.38. The molecule has 0 fully saturated rings. The summed E-state index contributed by atoms with van der Waals surface area (Å²) in [6.07, 6.45) is 2.43. The Bertz CT molecular complexity index is 800. The number of nitrogens with one attached hydrogen (secondary N) is 1. The molecule has 0 unspecified atom stereocenters. The molecular formula is C15H17N5O2S3. The molecule has 3 rings (SSSR count). The molecule has 7 nitrogen and oxygen atoms in total. The lowest BCUT2D eigenvalue weighted by atomic mass is 10.3. The maximum atomic E-state index is 12.0. The van der Waals surface area contributed by atoms with Gasteiger partial charge in [0.25, 0.3) is 0 Å². The van der Waals surface area contributed by atoms with Crippen molar-refractivity contribution in [2.45, 2.75) is 42.7 Å². The van der Waals surface area contributed by atoms with Crippen molar-refractivity contribution < 1.29 is 9.32 Å². The van der Waals surface area contributed by atoms with E-state index in [-0.39, 0.29) is 12.3 Å². The second kappa shape index (κ2) is 9.07. The lowest BCUT2D eigenvalue weighted by Crippen LogP contribution is -2.12. The summed E-state index contributed by atoms with van der Waals surface area (Å²) in [6, 6.07) is 4.12. The van der Waals surface area contributed by atoms with Gasteiger partial charge in [0, 0.05) is 29.9 Å². The van der Waals surface area contributed by atoms with Crippen molar-refractivity contribution in [1.29, 1.82) is 0 Å². The molecule has 0 bridgehead atoms. The average molecular weight is 396 g/mol. The molecule has 0 aliphatic carbocycles. The number of thiophene rings is 1. The molecule has 25 heavy (non-hydrogen) atoms. The van der Waals surface area contributed by atoms with Crippen LogP contribution in [0.15, 0.2) is 26.4 Å². The van der Waals surface area contributed by atoms with Crippen LogP contribution in [0.25, 0.3) is 0 Å². The Balaban J connectivity index is 1.43. The summed E-state index contributed by atoms with van der Waals surface area (Å²) in [4.78, 5) is 17.5. The summed E-state index contributed by atoms with van der Waals surface area (Å²) in [7, 11) is 0. The van der Waals surface area contributed by atoms with Crippen LogP contribution >= 0.6 is 34.4 Å². The van der Waals surface area contributed by atoms with Crippen LogP contribution in [0.3, 0.4) is 0 Å². The number of amides is 1. The number of thioether (sulfide) groups is 1. The summed E-state index contributed by atoms with van der Waals surface area (Å²) >= 11 is 4.71. The zero-order valence-corrected chi connectivity index (χ0v) is 16.0. The maximum absolute atomic E-state index is 12.0. The van der Waals surface area contributed by atoms with E-state index in [0.29, 0.717) is 23.3 Å². The van der Waals surface area contributed by atoms with Gasteiger partial charge in [0.05, 0.1) is 0 Å². The van der Waals surface area contributed by atoms with Crippen LogP contribution in [-0.2, 0) is 23.4 Å². The van der Waals surface area contributed by atoms with Crippen LogP contribution in [0.1, 0.15) is 36.4 Å². The van der Waals surface area contributed by atoms with Crippen molar-refractivity contribution in [3.63, 3.8) is 0 Å². The highest BCUT2D eigenvalue weighted by atomic mass is 32.2. The molecule has 0 radical (unpaired) electrons. The third-order valence-electron chi connectivity index (χ3n) is 3.12. The van der Waals surface area contributed by atoms with Crippen molar-refractivity contribution in [2.75, 3.05) is 5.32 Å². The Morgan fingerprint density at radius 3 is 3.08 bits per heavy atom. The van der Waals surface area contributed by atoms with Gasteiger partial charge >= 0.3 is 0 Å². The Labute approximate surface area is 157 Å². The van der Waals surface area contributed by atoms with Gasteiger partial charge in [-0.3, -0.25) is 4.79 Å². The van der Waals surface area contributed by atoms with E-state index in [1.54, 1.807) is 23.1 Å². The third-order valence-corrected chi connectivity index (χ3v) is 6.20. The monoisotopic (exact) mass is 395 g/mol. The highest BCUT2D eigenvalue weighted by molar-refractivity contribution is 8.00. The number of aromatic nitrogens is 4. The fraction of sp³-hybridized carbons (Fsp3) is 0.400. The highest BCUT2D eigenvalue weighted by Gasteiger charge is 2.12. The Kier molecular flexibility index (Phi) is 6.54. The van der Waals surface area contributed by atoms with Crippen molar-refractivity contribution >= 4 is 45.5 Å². The summed E-state index contributed by atoms with van der Waals surface area (Å²) in [5.41, 5.74) is 0. The van der Waals surface area contributed by atoms with Gasteiger partial charge in [-0.1, -0.05) is 41.2 Å². The van der Waals surface area contributed by atoms with Crippen LogP contribution in [0, 0.1) is 0 Å². The number of carbonyl (C=O) groups is 1. The first-order valence-corrected chi connectivity index (χ1v) is 10.5. The SMILES string of the molecule is CCCc1noc(CCC(=O)Nc2nnc(SCc3cccs3)s2)n1. The number of hydrogen-bond acceptors (Lipinski definition) is 9. The fourth-order valence-electron chi connectivity index (χ4n) is 1.97. The maximum Gasteiger partial charge on any atom is 0.227 e. The number of hydrogen-bond donors (Lipinski definition) is 1. The molecule has 3 aromatic rings. The van der Waals surface area contributed by atoms with E-state index in [4.69, 9.17) is 4.52 Å². The fourth-order valence-corrected chi connectivity index (χ4v) is 4.51. The minimum absolute atomic E-state index is 0.138. The largest absolute Gasteiger partial charge is 0.339 e. The number of rotatable bonds is 9. The third kappa shape index (κ3) is 5.62. The summed E-state index contributed by atoms with van der Waals surface area (Å²) in [6.45, 7) is 2.05. The first-order valence-electron chi connectivity index (χ1n) is 7.83. The van der Waals surface area contributed by atoms with Gasteiger partial charge in [0.1, 0.15) is 0 Å². The Morgan fingerprint density at radius 1 is 1.36 bits per heavy atom. The van der Waals surface area contributed by atoms with Crippen LogP contribution < -0.4 is 5.32 Å². The van der Waals surface area contributed by atoms with Gasteiger partial charge in [-0.15, -0.1) is 21.5 Å². The minimum atomic E-state index is -0.138. The summed E-state index contributed by atoms with van der Waals surface area (Å²) < 4.78 is 5.96. The molecule has 1 N–H and O–H groups in total. The molecule has 3 aromatic heterocycles. The van der Waals surface area contributed by atoms with Gasteiger partial charge in [-0.05, 0) is 17.9 Å². The number of carbonyl (C=O) groups excluding carboxylic acids is 1. The molecule has 0 aromatic carbocycles. The van der Waals surface area contributed by atoms with Gasteiger partial charge in [0.2, 0.25) is 16.9 Å². The second-order valence-electron chi connectivity index (χ2n) is 5.14. The summed E-state index contributed by atoms with van der Waals surface area (Å²) in [5.74, 6) is 1.90. The Hall–Kier alpha value is -1.78. The topological polar surface area (TPSA) is 93.8 Å². The molecule has 0 atom stereocenters.